The highest BCUT2D eigenvalue weighted by atomic mass is 16.6. The van der Waals surface area contributed by atoms with Gasteiger partial charge in [0.2, 0.25) is 0 Å². The third-order valence-corrected chi connectivity index (χ3v) is 5.82. The minimum absolute atomic E-state index is 0.257. The van der Waals surface area contributed by atoms with Crippen LogP contribution in [-0.4, -0.2) is 72.1 Å². The van der Waals surface area contributed by atoms with Gasteiger partial charge >= 0.3 is 12.1 Å². The van der Waals surface area contributed by atoms with Gasteiger partial charge in [-0.15, -0.1) is 0 Å². The van der Waals surface area contributed by atoms with Crippen molar-refractivity contribution in [3.63, 3.8) is 0 Å². The number of carbonyl (C=O) groups excluding carboxylic acids is 3. The van der Waals surface area contributed by atoms with Crippen molar-refractivity contribution in [2.45, 2.75) is 32.6 Å². The van der Waals surface area contributed by atoms with E-state index in [1.54, 1.807) is 22.8 Å². The molecule has 0 bridgehead atoms. The molecule has 1 aliphatic carbocycles. The number of hydrogen-bond donors (Lipinski definition) is 1. The van der Waals surface area contributed by atoms with Gasteiger partial charge in [-0.3, -0.25) is 4.79 Å². The Balaban J connectivity index is 1.32. The Bertz CT molecular complexity index is 959. The van der Waals surface area contributed by atoms with Crippen LogP contribution in [-0.2, 0) is 27.1 Å². The van der Waals surface area contributed by atoms with Crippen LogP contribution in [0.15, 0.2) is 18.2 Å². The van der Waals surface area contributed by atoms with E-state index in [1.807, 2.05) is 12.1 Å². The molecule has 0 atom stereocenters. The van der Waals surface area contributed by atoms with E-state index in [0.717, 1.165) is 30.2 Å². The number of H-pyrrole nitrogens is 1. The first-order valence-electron chi connectivity index (χ1n) is 10.6. The third kappa shape index (κ3) is 4.13. The van der Waals surface area contributed by atoms with Crippen LogP contribution in [0.1, 0.15) is 41.4 Å². The average Bonchev–Trinajstić information content (AvgIpc) is 3.15. The Hall–Kier alpha value is -3.03. The van der Waals surface area contributed by atoms with Crippen LogP contribution in [0, 0.1) is 0 Å². The minimum Gasteiger partial charge on any atom is -0.452 e. The van der Waals surface area contributed by atoms with Crippen molar-refractivity contribution in [1.82, 2.24) is 14.8 Å². The van der Waals surface area contributed by atoms with E-state index >= 15 is 0 Å². The molecule has 0 radical (unpaired) electrons. The van der Waals surface area contributed by atoms with Crippen molar-refractivity contribution in [3.05, 3.63) is 35.0 Å². The van der Waals surface area contributed by atoms with E-state index in [4.69, 9.17) is 9.47 Å². The number of aromatic nitrogens is 1. The Kier molecular flexibility index (Phi) is 5.92. The summed E-state index contributed by atoms with van der Waals surface area (Å²) in [5.74, 6) is -0.756. The highest BCUT2D eigenvalue weighted by molar-refractivity contribution is 5.97. The molecule has 4 rings (SSSR count). The van der Waals surface area contributed by atoms with Gasteiger partial charge in [-0.05, 0) is 56.4 Å². The van der Waals surface area contributed by atoms with E-state index in [2.05, 4.69) is 4.98 Å². The zero-order valence-corrected chi connectivity index (χ0v) is 17.2. The van der Waals surface area contributed by atoms with Crippen LogP contribution >= 0.6 is 0 Å². The fourth-order valence-corrected chi connectivity index (χ4v) is 4.19. The molecule has 160 valence electrons. The molecule has 1 N–H and O–H groups in total. The van der Waals surface area contributed by atoms with Crippen molar-refractivity contribution in [1.29, 1.82) is 0 Å². The first-order valence-corrected chi connectivity index (χ1v) is 10.6. The molecule has 1 aliphatic heterocycles. The summed E-state index contributed by atoms with van der Waals surface area (Å²) in [4.78, 5) is 43.3. The Labute approximate surface area is 175 Å². The lowest BCUT2D eigenvalue weighted by Crippen LogP contribution is -2.51. The van der Waals surface area contributed by atoms with Gasteiger partial charge in [0.05, 0.1) is 12.2 Å². The second kappa shape index (κ2) is 8.77. The Morgan fingerprint density at radius 1 is 1.00 bits per heavy atom. The molecule has 2 heterocycles. The number of fused-ring (bicyclic) bond motifs is 3. The zero-order valence-electron chi connectivity index (χ0n) is 17.2. The van der Waals surface area contributed by atoms with Gasteiger partial charge in [-0.1, -0.05) is 0 Å². The maximum atomic E-state index is 12.5. The molecule has 0 saturated carbocycles. The molecule has 2 amide bonds. The van der Waals surface area contributed by atoms with Gasteiger partial charge in [0.1, 0.15) is 0 Å². The van der Waals surface area contributed by atoms with Gasteiger partial charge in [0, 0.05) is 42.8 Å². The predicted octanol–water partition coefficient (Wildman–Crippen LogP) is 2.50. The van der Waals surface area contributed by atoms with Crippen LogP contribution in [0.4, 0.5) is 4.79 Å². The summed E-state index contributed by atoms with van der Waals surface area (Å²) in [7, 11) is 0. The van der Waals surface area contributed by atoms with Gasteiger partial charge in [-0.2, -0.15) is 0 Å². The number of hydrogen-bond acceptors (Lipinski definition) is 5. The SMILES string of the molecule is CCOC(=O)N1CCN(C(=O)COC(=O)c2ccc3[nH]c4c(c3c2)CCCC4)CC1. The second-order valence-corrected chi connectivity index (χ2v) is 7.69. The number of aromatic amines is 1. The van der Waals surface area contributed by atoms with Crippen molar-refractivity contribution in [3.8, 4) is 0 Å². The van der Waals surface area contributed by atoms with E-state index < -0.39 is 5.97 Å². The summed E-state index contributed by atoms with van der Waals surface area (Å²) in [5, 5.41) is 1.07. The quantitative estimate of drug-likeness (QED) is 0.778. The monoisotopic (exact) mass is 413 g/mol. The number of rotatable bonds is 4. The van der Waals surface area contributed by atoms with Crippen molar-refractivity contribution < 1.29 is 23.9 Å². The normalized spacial score (nSPS) is 16.3. The summed E-state index contributed by atoms with van der Waals surface area (Å²) in [5.41, 5.74) is 4.05. The Morgan fingerprint density at radius 3 is 2.50 bits per heavy atom. The van der Waals surface area contributed by atoms with Gasteiger partial charge in [0.15, 0.2) is 6.61 Å². The number of carbonyl (C=O) groups is 3. The van der Waals surface area contributed by atoms with Crippen LogP contribution in [0.3, 0.4) is 0 Å². The number of esters is 1. The molecular formula is C22H27N3O5. The molecule has 30 heavy (non-hydrogen) atoms. The Morgan fingerprint density at radius 2 is 1.73 bits per heavy atom. The maximum Gasteiger partial charge on any atom is 0.409 e. The smallest absolute Gasteiger partial charge is 0.409 e. The number of ether oxygens (including phenoxy) is 2. The van der Waals surface area contributed by atoms with Crippen molar-refractivity contribution >= 4 is 28.9 Å². The third-order valence-electron chi connectivity index (χ3n) is 5.82. The minimum atomic E-state index is -0.499. The maximum absolute atomic E-state index is 12.5. The molecular weight excluding hydrogens is 386 g/mol. The molecule has 0 unspecified atom stereocenters. The zero-order chi connectivity index (χ0) is 21.1. The first kappa shape index (κ1) is 20.3. The number of nitrogens with one attached hydrogen (secondary N) is 1. The molecule has 2 aliphatic rings. The average molecular weight is 413 g/mol. The molecule has 1 saturated heterocycles. The van der Waals surface area contributed by atoms with E-state index in [1.165, 1.54) is 17.7 Å². The molecule has 8 nitrogen and oxygen atoms in total. The number of amides is 2. The molecule has 1 aromatic carbocycles. The second-order valence-electron chi connectivity index (χ2n) is 7.69. The van der Waals surface area contributed by atoms with Crippen LogP contribution < -0.4 is 0 Å². The summed E-state index contributed by atoms with van der Waals surface area (Å²) in [6.45, 7) is 3.40. The largest absolute Gasteiger partial charge is 0.452 e. The molecule has 1 fully saturated rings. The lowest BCUT2D eigenvalue weighted by Gasteiger charge is -2.33. The summed E-state index contributed by atoms with van der Waals surface area (Å²) < 4.78 is 10.3. The highest BCUT2D eigenvalue weighted by Crippen LogP contribution is 2.29. The molecule has 1 aromatic heterocycles. The van der Waals surface area contributed by atoms with Gasteiger partial charge < -0.3 is 24.3 Å². The number of aryl methyl sites for hydroxylation is 2. The standard InChI is InChI=1S/C22H27N3O5/c1-2-29-22(28)25-11-9-24(10-12-25)20(26)14-30-21(27)15-7-8-19-17(13-15)16-5-3-4-6-18(16)23-19/h7-8,13,23H,2-6,9-12,14H2,1H3. The number of piperazine rings is 1. The van der Waals surface area contributed by atoms with Crippen LogP contribution in [0.25, 0.3) is 10.9 Å². The van der Waals surface area contributed by atoms with Gasteiger partial charge in [0.25, 0.3) is 5.91 Å². The van der Waals surface area contributed by atoms with E-state index in [-0.39, 0.29) is 18.6 Å². The molecule has 0 spiro atoms. The molecule has 2 aromatic rings. The summed E-state index contributed by atoms with van der Waals surface area (Å²) in [6, 6.07) is 5.50. The number of benzene rings is 1. The van der Waals surface area contributed by atoms with E-state index in [0.29, 0.717) is 38.3 Å². The highest BCUT2D eigenvalue weighted by Gasteiger charge is 2.25. The summed E-state index contributed by atoms with van der Waals surface area (Å²) in [6.07, 6.45) is 4.04. The van der Waals surface area contributed by atoms with E-state index in [9.17, 15) is 14.4 Å². The number of nitrogens with zero attached hydrogens (tertiary/aromatic N) is 2. The fourth-order valence-electron chi connectivity index (χ4n) is 4.19. The van der Waals surface area contributed by atoms with Crippen LogP contribution in [0.2, 0.25) is 0 Å². The lowest BCUT2D eigenvalue weighted by atomic mass is 9.95. The fraction of sp³-hybridized carbons (Fsp3) is 0.500. The first-order chi connectivity index (χ1) is 14.6. The van der Waals surface area contributed by atoms with Crippen LogP contribution in [0.5, 0.6) is 0 Å². The van der Waals surface area contributed by atoms with Crippen molar-refractivity contribution in [2.24, 2.45) is 0 Å². The van der Waals surface area contributed by atoms with Gasteiger partial charge in [-0.25, -0.2) is 9.59 Å². The topological polar surface area (TPSA) is 91.9 Å². The molecule has 8 heteroatoms. The summed E-state index contributed by atoms with van der Waals surface area (Å²) >= 11 is 0. The lowest BCUT2D eigenvalue weighted by molar-refractivity contribution is -0.136. The van der Waals surface area contributed by atoms with Crippen molar-refractivity contribution in [2.75, 3.05) is 39.4 Å². The predicted molar refractivity (Wildman–Crippen MR) is 110 cm³/mol.